The molecule has 0 radical (unpaired) electrons. The zero-order valence-electron chi connectivity index (χ0n) is 11.4. The van der Waals surface area contributed by atoms with Gasteiger partial charge >= 0.3 is 0 Å². The van der Waals surface area contributed by atoms with E-state index in [2.05, 4.69) is 11.1 Å². The Hall–Kier alpha value is -1.60. The van der Waals surface area contributed by atoms with Gasteiger partial charge in [-0.1, -0.05) is 6.07 Å². The third-order valence-corrected chi connectivity index (χ3v) is 4.65. The number of carbonyl (C=O) groups excluding carboxylic acids is 1. The fraction of sp³-hybridized carbons (Fsp3) is 0.562. The van der Waals surface area contributed by atoms with Crippen LogP contribution in [0.4, 0.5) is 0 Å². The van der Waals surface area contributed by atoms with Crippen molar-refractivity contribution in [2.45, 2.75) is 50.5 Å². The molecule has 1 fully saturated rings. The summed E-state index contributed by atoms with van der Waals surface area (Å²) in [7, 11) is 1.73. The van der Waals surface area contributed by atoms with Gasteiger partial charge in [0.1, 0.15) is 5.75 Å². The minimum atomic E-state index is -0.282. The van der Waals surface area contributed by atoms with Crippen LogP contribution in [-0.4, -0.2) is 13.2 Å². The van der Waals surface area contributed by atoms with E-state index in [9.17, 15) is 4.79 Å². The molecule has 1 saturated carbocycles. The van der Waals surface area contributed by atoms with E-state index in [1.807, 2.05) is 6.07 Å². The molecule has 1 aromatic rings. The van der Waals surface area contributed by atoms with E-state index in [1.165, 1.54) is 29.5 Å². The molecule has 0 atom stereocenters. The lowest BCUT2D eigenvalue weighted by Crippen LogP contribution is -2.33. The van der Waals surface area contributed by atoms with Gasteiger partial charge in [0.2, 0.25) is 6.08 Å². The van der Waals surface area contributed by atoms with Crippen LogP contribution in [0, 0.1) is 0 Å². The van der Waals surface area contributed by atoms with Gasteiger partial charge in [0.15, 0.2) is 0 Å². The molecule has 0 saturated heterocycles. The quantitative estimate of drug-likeness (QED) is 0.615. The van der Waals surface area contributed by atoms with Gasteiger partial charge in [0.25, 0.3) is 0 Å². The Labute approximate surface area is 113 Å². The van der Waals surface area contributed by atoms with Crippen molar-refractivity contribution in [2.75, 3.05) is 7.11 Å². The van der Waals surface area contributed by atoms with Crippen molar-refractivity contribution >= 4 is 6.08 Å². The summed E-state index contributed by atoms with van der Waals surface area (Å²) in [5.41, 5.74) is 3.68. The summed E-state index contributed by atoms with van der Waals surface area (Å²) in [6.07, 6.45) is 9.47. The molecule has 0 unspecified atom stereocenters. The molecule has 100 valence electrons. The van der Waals surface area contributed by atoms with Gasteiger partial charge in [-0.25, -0.2) is 4.79 Å². The zero-order chi connectivity index (χ0) is 13.3. The largest absolute Gasteiger partial charge is 0.496 e. The SMILES string of the molecule is COc1ccc(C2(N=C=O)CCC2)c2c1CCCC2. The molecular formula is C16H19NO2. The normalized spacial score (nSPS) is 19.8. The van der Waals surface area contributed by atoms with E-state index in [0.29, 0.717) is 0 Å². The molecule has 3 rings (SSSR count). The van der Waals surface area contributed by atoms with E-state index >= 15 is 0 Å². The third-order valence-electron chi connectivity index (χ3n) is 4.65. The van der Waals surface area contributed by atoms with E-state index in [0.717, 1.165) is 37.9 Å². The molecule has 0 bridgehead atoms. The van der Waals surface area contributed by atoms with Crippen molar-refractivity contribution in [3.05, 3.63) is 28.8 Å². The van der Waals surface area contributed by atoms with Crippen molar-refractivity contribution in [2.24, 2.45) is 4.99 Å². The monoisotopic (exact) mass is 257 g/mol. The molecule has 1 aromatic carbocycles. The minimum absolute atomic E-state index is 0.282. The molecule has 2 aliphatic rings. The average Bonchev–Trinajstić information content (AvgIpc) is 2.42. The first-order valence-corrected chi connectivity index (χ1v) is 7.09. The number of ether oxygens (including phenoxy) is 1. The van der Waals surface area contributed by atoms with Gasteiger partial charge in [0.05, 0.1) is 12.6 Å². The average molecular weight is 257 g/mol. The topological polar surface area (TPSA) is 38.7 Å². The zero-order valence-corrected chi connectivity index (χ0v) is 11.4. The third kappa shape index (κ3) is 1.89. The Morgan fingerprint density at radius 3 is 2.47 bits per heavy atom. The molecule has 0 amide bonds. The van der Waals surface area contributed by atoms with Crippen LogP contribution < -0.4 is 4.74 Å². The smallest absolute Gasteiger partial charge is 0.235 e. The second-order valence-corrected chi connectivity index (χ2v) is 5.57. The van der Waals surface area contributed by atoms with Crippen molar-refractivity contribution < 1.29 is 9.53 Å². The summed E-state index contributed by atoms with van der Waals surface area (Å²) in [5, 5.41) is 0. The molecule has 0 spiro atoms. The van der Waals surface area contributed by atoms with E-state index in [1.54, 1.807) is 13.2 Å². The predicted octanol–water partition coefficient (Wildman–Crippen LogP) is 3.29. The number of hydrogen-bond acceptors (Lipinski definition) is 3. The van der Waals surface area contributed by atoms with E-state index in [4.69, 9.17) is 4.74 Å². The lowest BCUT2D eigenvalue weighted by Gasteiger charge is -2.40. The Morgan fingerprint density at radius 1 is 1.16 bits per heavy atom. The van der Waals surface area contributed by atoms with Crippen LogP contribution in [0.5, 0.6) is 5.75 Å². The molecule has 19 heavy (non-hydrogen) atoms. The number of methoxy groups -OCH3 is 1. The van der Waals surface area contributed by atoms with Crippen molar-refractivity contribution in [1.82, 2.24) is 0 Å². The lowest BCUT2D eigenvalue weighted by molar-refractivity contribution is 0.253. The number of isocyanates is 1. The predicted molar refractivity (Wildman–Crippen MR) is 73.3 cm³/mol. The molecule has 0 N–H and O–H groups in total. The van der Waals surface area contributed by atoms with Gasteiger partial charge < -0.3 is 4.74 Å². The van der Waals surface area contributed by atoms with Crippen molar-refractivity contribution in [3.63, 3.8) is 0 Å². The number of nitrogens with zero attached hydrogens (tertiary/aromatic N) is 1. The maximum Gasteiger partial charge on any atom is 0.235 e. The molecule has 2 aliphatic carbocycles. The maximum atomic E-state index is 10.8. The van der Waals surface area contributed by atoms with Crippen LogP contribution >= 0.6 is 0 Å². The van der Waals surface area contributed by atoms with Crippen LogP contribution in [0.1, 0.15) is 48.8 Å². The maximum absolute atomic E-state index is 10.8. The first-order valence-electron chi connectivity index (χ1n) is 7.09. The highest BCUT2D eigenvalue weighted by atomic mass is 16.5. The standard InChI is InChI=1S/C16H19NO2/c1-19-15-8-7-14(12-5-2-3-6-13(12)15)16(17-11-18)9-4-10-16/h7-8H,2-6,9-10H2,1H3. The minimum Gasteiger partial charge on any atom is -0.496 e. The number of fused-ring (bicyclic) bond motifs is 1. The highest BCUT2D eigenvalue weighted by molar-refractivity contribution is 5.51. The lowest BCUT2D eigenvalue weighted by atomic mass is 9.69. The highest BCUT2D eigenvalue weighted by Gasteiger charge is 2.41. The van der Waals surface area contributed by atoms with Crippen LogP contribution in [-0.2, 0) is 23.2 Å². The Kier molecular flexibility index (Phi) is 3.16. The fourth-order valence-corrected chi connectivity index (χ4v) is 3.50. The van der Waals surface area contributed by atoms with Crippen LogP contribution in [0.2, 0.25) is 0 Å². The summed E-state index contributed by atoms with van der Waals surface area (Å²) < 4.78 is 5.48. The number of hydrogen-bond donors (Lipinski definition) is 0. The molecule has 0 aromatic heterocycles. The second kappa shape index (κ2) is 4.82. The molecular weight excluding hydrogens is 238 g/mol. The number of aliphatic imine (C=N–C) groups is 1. The van der Waals surface area contributed by atoms with Crippen LogP contribution in [0.15, 0.2) is 17.1 Å². The van der Waals surface area contributed by atoms with Gasteiger partial charge in [-0.15, -0.1) is 0 Å². The van der Waals surface area contributed by atoms with Gasteiger partial charge in [0, 0.05) is 0 Å². The van der Waals surface area contributed by atoms with E-state index < -0.39 is 0 Å². The van der Waals surface area contributed by atoms with Crippen LogP contribution in [0.25, 0.3) is 0 Å². The molecule has 0 aliphatic heterocycles. The first kappa shape index (κ1) is 12.4. The summed E-state index contributed by atoms with van der Waals surface area (Å²) in [6.45, 7) is 0. The van der Waals surface area contributed by atoms with Crippen LogP contribution in [0.3, 0.4) is 0 Å². The first-order chi connectivity index (χ1) is 9.30. The summed E-state index contributed by atoms with van der Waals surface area (Å²) in [6, 6.07) is 4.16. The highest BCUT2D eigenvalue weighted by Crippen LogP contribution is 2.48. The summed E-state index contributed by atoms with van der Waals surface area (Å²) in [5.74, 6) is 0.989. The Balaban J connectivity index is 2.14. The van der Waals surface area contributed by atoms with Crippen molar-refractivity contribution in [3.8, 4) is 5.75 Å². The molecule has 3 heteroatoms. The summed E-state index contributed by atoms with van der Waals surface area (Å²) >= 11 is 0. The van der Waals surface area contributed by atoms with E-state index in [-0.39, 0.29) is 5.54 Å². The number of benzene rings is 1. The van der Waals surface area contributed by atoms with Gasteiger partial charge in [-0.2, -0.15) is 4.99 Å². The Morgan fingerprint density at radius 2 is 1.89 bits per heavy atom. The fourth-order valence-electron chi connectivity index (χ4n) is 3.50. The van der Waals surface area contributed by atoms with Gasteiger partial charge in [-0.3, -0.25) is 0 Å². The molecule has 0 heterocycles. The number of rotatable bonds is 3. The second-order valence-electron chi connectivity index (χ2n) is 5.57. The Bertz CT molecular complexity index is 540. The van der Waals surface area contributed by atoms with Crippen molar-refractivity contribution in [1.29, 1.82) is 0 Å². The van der Waals surface area contributed by atoms with Gasteiger partial charge in [-0.05, 0) is 67.7 Å². The molecule has 3 nitrogen and oxygen atoms in total. The summed E-state index contributed by atoms with van der Waals surface area (Å²) in [4.78, 5) is 14.9.